The number of nitrogens with two attached hydrogens (primary N) is 1. The van der Waals surface area contributed by atoms with Gasteiger partial charge in [0.05, 0.1) is 11.8 Å². The van der Waals surface area contributed by atoms with Crippen LogP contribution in [0.1, 0.15) is 25.6 Å². The fraction of sp³-hybridized carbons (Fsp3) is 0.600. The maximum atomic E-state index is 12.2. The average Bonchev–Trinajstić information content (AvgIpc) is 3.02. The third-order valence-corrected chi connectivity index (χ3v) is 5.76. The molecule has 1 saturated heterocycles. The first-order chi connectivity index (χ1) is 15.6. The van der Waals surface area contributed by atoms with Crippen molar-refractivity contribution in [2.24, 2.45) is 0 Å². The van der Waals surface area contributed by atoms with E-state index < -0.39 is 48.2 Å². The molecule has 1 unspecified atom stereocenters. The molecular formula is C20H27N5O8. The molecule has 0 aromatic carbocycles. The van der Waals surface area contributed by atoms with Gasteiger partial charge in [0.25, 0.3) is 0 Å². The van der Waals surface area contributed by atoms with Crippen LogP contribution in [-0.2, 0) is 23.7 Å². The van der Waals surface area contributed by atoms with E-state index in [1.807, 2.05) is 0 Å². The molecule has 2 aromatic heterocycles. The van der Waals surface area contributed by atoms with E-state index in [9.17, 15) is 19.8 Å². The average molecular weight is 465 g/mol. The monoisotopic (exact) mass is 465 g/mol. The molecule has 0 amide bonds. The van der Waals surface area contributed by atoms with E-state index in [1.165, 1.54) is 10.8 Å². The van der Waals surface area contributed by atoms with Crippen molar-refractivity contribution < 1.29 is 38.7 Å². The lowest BCUT2D eigenvalue weighted by molar-refractivity contribution is -0.154. The lowest BCUT2D eigenvalue weighted by Gasteiger charge is -2.24. The van der Waals surface area contributed by atoms with Crippen molar-refractivity contribution in [2.75, 3.05) is 26.4 Å². The number of esters is 1. The first-order valence-electron chi connectivity index (χ1n) is 10.4. The van der Waals surface area contributed by atoms with Crippen LogP contribution in [-0.4, -0.2) is 98.6 Å². The van der Waals surface area contributed by atoms with Crippen LogP contribution in [0.5, 0.6) is 0 Å². The van der Waals surface area contributed by atoms with Crippen LogP contribution in [0.15, 0.2) is 18.5 Å². The number of rotatable bonds is 7. The summed E-state index contributed by atoms with van der Waals surface area (Å²) >= 11 is 0. The number of nitrogen functional groups attached to an aromatic ring is 1. The molecule has 3 heterocycles. The Balaban J connectivity index is 1.36. The quantitative estimate of drug-likeness (QED) is 0.438. The largest absolute Gasteiger partial charge is 0.508 e. The zero-order valence-electron chi connectivity index (χ0n) is 18.6. The highest BCUT2D eigenvalue weighted by molar-refractivity contribution is 5.76. The molecule has 180 valence electrons. The van der Waals surface area contributed by atoms with Crippen molar-refractivity contribution in [3.8, 4) is 0 Å². The molecule has 0 bridgehead atoms. The Morgan fingerprint density at radius 2 is 2.09 bits per heavy atom. The predicted octanol–water partition coefficient (Wildman–Crippen LogP) is -0.739. The highest BCUT2D eigenvalue weighted by Crippen LogP contribution is 2.56. The molecule has 1 saturated carbocycles. The molecule has 13 heteroatoms. The molecule has 2 aromatic rings. The number of hydrogen-bond donors (Lipinski definition) is 3. The van der Waals surface area contributed by atoms with Gasteiger partial charge in [-0.3, -0.25) is 9.69 Å². The van der Waals surface area contributed by atoms with Crippen molar-refractivity contribution in [3.63, 3.8) is 0 Å². The summed E-state index contributed by atoms with van der Waals surface area (Å²) in [5.74, 6) is -0.292. The van der Waals surface area contributed by atoms with Crippen LogP contribution >= 0.6 is 0 Å². The summed E-state index contributed by atoms with van der Waals surface area (Å²) in [6.07, 6.45) is -4.55. The minimum absolute atomic E-state index is 0.255. The number of aliphatic hydroxyl groups is 2. The fourth-order valence-corrected chi connectivity index (χ4v) is 3.92. The van der Waals surface area contributed by atoms with Gasteiger partial charge in [0.1, 0.15) is 42.8 Å². The standard InChI is InChI=1S/C20H27N5O8/c1-9(2)31-18(27)12(24(3)4)7-30-19(28)33-16-15-20(16,29)14(26)13(32-15)10-5-6-11-17(21)22-8-23-25(10)11/h5-6,8-9,12-16,26,29H,7H2,1-4H3,(H2,21,22,23)/t12-,13-,14-,15+,16?,20-/m0/s1. The summed E-state index contributed by atoms with van der Waals surface area (Å²) in [7, 11) is 3.28. The zero-order chi connectivity index (χ0) is 24.1. The van der Waals surface area contributed by atoms with Gasteiger partial charge in [-0.1, -0.05) is 0 Å². The van der Waals surface area contributed by atoms with Gasteiger partial charge < -0.3 is 34.9 Å². The Hall–Kier alpha value is -3.00. The lowest BCUT2D eigenvalue weighted by Crippen LogP contribution is -2.42. The molecule has 2 fully saturated rings. The minimum atomic E-state index is -1.80. The summed E-state index contributed by atoms with van der Waals surface area (Å²) in [6.45, 7) is 3.11. The second-order valence-electron chi connectivity index (χ2n) is 8.57. The molecule has 1 aliphatic carbocycles. The number of likely N-dealkylation sites (N-methyl/N-ethyl adjacent to an activating group) is 1. The molecule has 1 aliphatic heterocycles. The topological polar surface area (TPSA) is 171 Å². The highest BCUT2D eigenvalue weighted by atomic mass is 16.7. The Bertz CT molecular complexity index is 1060. The summed E-state index contributed by atoms with van der Waals surface area (Å²) in [5, 5.41) is 25.7. The molecule has 2 aliphatic rings. The number of nitrogens with zero attached hydrogens (tertiary/aromatic N) is 4. The molecule has 33 heavy (non-hydrogen) atoms. The number of anilines is 1. The van der Waals surface area contributed by atoms with E-state index in [2.05, 4.69) is 10.1 Å². The van der Waals surface area contributed by atoms with Crippen molar-refractivity contribution in [3.05, 3.63) is 24.2 Å². The molecule has 4 N–H and O–H groups in total. The van der Waals surface area contributed by atoms with Gasteiger partial charge in [0.15, 0.2) is 17.5 Å². The van der Waals surface area contributed by atoms with Gasteiger partial charge in [0, 0.05) is 0 Å². The minimum Gasteiger partial charge on any atom is -0.462 e. The maximum absolute atomic E-state index is 12.2. The van der Waals surface area contributed by atoms with Crippen LogP contribution < -0.4 is 5.73 Å². The van der Waals surface area contributed by atoms with Gasteiger partial charge in [-0.15, -0.1) is 0 Å². The second kappa shape index (κ2) is 8.41. The second-order valence-corrected chi connectivity index (χ2v) is 8.57. The van der Waals surface area contributed by atoms with E-state index in [1.54, 1.807) is 45.0 Å². The number of hydrogen-bond acceptors (Lipinski definition) is 12. The number of fused-ring (bicyclic) bond motifs is 2. The van der Waals surface area contributed by atoms with Gasteiger partial charge in [-0.25, -0.2) is 14.3 Å². The predicted molar refractivity (Wildman–Crippen MR) is 111 cm³/mol. The molecule has 6 atom stereocenters. The highest BCUT2D eigenvalue weighted by Gasteiger charge is 2.79. The number of aromatic nitrogens is 3. The Kier molecular flexibility index (Phi) is 5.90. The third-order valence-electron chi connectivity index (χ3n) is 5.76. The summed E-state index contributed by atoms with van der Waals surface area (Å²) in [6, 6.07) is 2.50. The van der Waals surface area contributed by atoms with Crippen molar-refractivity contribution in [2.45, 2.75) is 56.0 Å². The zero-order valence-corrected chi connectivity index (χ0v) is 18.6. The van der Waals surface area contributed by atoms with Gasteiger partial charge >= 0.3 is 12.1 Å². The lowest BCUT2D eigenvalue weighted by atomic mass is 10.1. The van der Waals surface area contributed by atoms with Crippen LogP contribution in [0.4, 0.5) is 10.6 Å². The Labute approximate surface area is 189 Å². The van der Waals surface area contributed by atoms with E-state index in [0.717, 1.165) is 0 Å². The maximum Gasteiger partial charge on any atom is 0.508 e. The molecule has 13 nitrogen and oxygen atoms in total. The van der Waals surface area contributed by atoms with Crippen molar-refractivity contribution in [1.82, 2.24) is 19.5 Å². The first-order valence-corrected chi connectivity index (χ1v) is 10.4. The molecule has 0 radical (unpaired) electrons. The number of carbonyl (C=O) groups excluding carboxylic acids is 2. The molecule has 0 spiro atoms. The summed E-state index contributed by atoms with van der Waals surface area (Å²) in [5.41, 5.74) is 5.01. The number of ether oxygens (including phenoxy) is 4. The van der Waals surface area contributed by atoms with Crippen LogP contribution in [0, 0.1) is 0 Å². The summed E-state index contributed by atoms with van der Waals surface area (Å²) < 4.78 is 22.6. The third kappa shape index (κ3) is 3.97. The van der Waals surface area contributed by atoms with E-state index in [-0.39, 0.29) is 18.5 Å². The van der Waals surface area contributed by atoms with Gasteiger partial charge in [0.2, 0.25) is 0 Å². The summed E-state index contributed by atoms with van der Waals surface area (Å²) in [4.78, 5) is 29.8. The van der Waals surface area contributed by atoms with Crippen LogP contribution in [0.3, 0.4) is 0 Å². The van der Waals surface area contributed by atoms with E-state index in [0.29, 0.717) is 11.2 Å². The first kappa shape index (κ1) is 23.2. The van der Waals surface area contributed by atoms with Gasteiger partial charge in [-0.05, 0) is 40.1 Å². The number of aliphatic hydroxyl groups excluding tert-OH is 1. The number of carbonyl (C=O) groups is 2. The Morgan fingerprint density at radius 3 is 2.70 bits per heavy atom. The smallest absolute Gasteiger partial charge is 0.462 e. The fourth-order valence-electron chi connectivity index (χ4n) is 3.92. The van der Waals surface area contributed by atoms with E-state index >= 15 is 0 Å². The van der Waals surface area contributed by atoms with Gasteiger partial charge in [-0.2, -0.15) is 5.10 Å². The Morgan fingerprint density at radius 1 is 1.36 bits per heavy atom. The van der Waals surface area contributed by atoms with Crippen LogP contribution in [0.2, 0.25) is 0 Å². The molecule has 4 rings (SSSR count). The normalized spacial score (nSPS) is 29.2. The SMILES string of the molecule is CC(C)OC(=O)[C@H](COC(=O)OC1[C@H]2O[C@@H](c3ccc4c(N)ncnn34)[C@H](O)[C@@]12O)N(C)C. The van der Waals surface area contributed by atoms with Crippen molar-refractivity contribution >= 4 is 23.5 Å². The van der Waals surface area contributed by atoms with E-state index in [4.69, 9.17) is 24.7 Å². The van der Waals surface area contributed by atoms with Crippen molar-refractivity contribution in [1.29, 1.82) is 0 Å². The van der Waals surface area contributed by atoms with Crippen LogP contribution in [0.25, 0.3) is 5.52 Å². The molecular weight excluding hydrogens is 438 g/mol.